The highest BCUT2D eigenvalue weighted by Crippen LogP contribution is 2.21. The number of sulfonamides is 1. The Kier molecular flexibility index (Phi) is 5.35. The second-order valence-corrected chi connectivity index (χ2v) is 7.15. The molecule has 0 saturated heterocycles. The maximum absolute atomic E-state index is 12.3. The van der Waals surface area contributed by atoms with E-state index in [1.54, 1.807) is 19.1 Å². The Morgan fingerprint density at radius 3 is 2.43 bits per heavy atom. The molecular weight excluding hydrogens is 340 g/mol. The van der Waals surface area contributed by atoms with E-state index in [2.05, 4.69) is 4.72 Å². The van der Waals surface area contributed by atoms with E-state index in [1.807, 2.05) is 12.1 Å². The Balaban J connectivity index is 2.11. The molecule has 122 valence electrons. The predicted octanol–water partition coefficient (Wildman–Crippen LogP) is 3.08. The number of rotatable bonds is 6. The van der Waals surface area contributed by atoms with Crippen LogP contribution in [0, 0.1) is 17.0 Å². The SMILES string of the molecule is Cc1ccc([N+](=O)[O-])cc1S(=O)(=O)NCCc1ccc(Cl)cc1. The van der Waals surface area contributed by atoms with Gasteiger partial charge in [-0.3, -0.25) is 10.1 Å². The molecule has 8 heteroatoms. The summed E-state index contributed by atoms with van der Waals surface area (Å²) >= 11 is 5.79. The summed E-state index contributed by atoms with van der Waals surface area (Å²) in [4.78, 5) is 10.1. The third-order valence-electron chi connectivity index (χ3n) is 3.29. The smallest absolute Gasteiger partial charge is 0.258 e. The summed E-state index contributed by atoms with van der Waals surface area (Å²) in [5.74, 6) is 0. The number of nitro groups is 1. The molecule has 2 rings (SSSR count). The average Bonchev–Trinajstić information content (AvgIpc) is 2.49. The van der Waals surface area contributed by atoms with Crippen molar-refractivity contribution in [3.05, 3.63) is 68.7 Å². The molecule has 0 heterocycles. The molecule has 0 unspecified atom stereocenters. The second-order valence-electron chi connectivity index (χ2n) is 4.98. The lowest BCUT2D eigenvalue weighted by Crippen LogP contribution is -2.26. The molecule has 1 N–H and O–H groups in total. The lowest BCUT2D eigenvalue weighted by atomic mass is 10.2. The first-order valence-electron chi connectivity index (χ1n) is 6.79. The molecule has 6 nitrogen and oxygen atoms in total. The van der Waals surface area contributed by atoms with Gasteiger partial charge in [0.15, 0.2) is 0 Å². The van der Waals surface area contributed by atoms with Crippen LogP contribution in [0.3, 0.4) is 0 Å². The number of benzene rings is 2. The van der Waals surface area contributed by atoms with Crippen LogP contribution in [-0.2, 0) is 16.4 Å². The first kappa shape index (κ1) is 17.4. The molecule has 0 aliphatic heterocycles. The number of nitro benzene ring substituents is 1. The zero-order chi connectivity index (χ0) is 17.0. The number of nitrogens with one attached hydrogen (secondary N) is 1. The van der Waals surface area contributed by atoms with E-state index in [4.69, 9.17) is 11.6 Å². The fourth-order valence-corrected chi connectivity index (χ4v) is 3.47. The van der Waals surface area contributed by atoms with Gasteiger partial charge in [0.25, 0.3) is 5.69 Å². The van der Waals surface area contributed by atoms with Crippen molar-refractivity contribution < 1.29 is 13.3 Å². The summed E-state index contributed by atoms with van der Waals surface area (Å²) in [5, 5.41) is 11.4. The highest BCUT2D eigenvalue weighted by Gasteiger charge is 2.20. The summed E-state index contributed by atoms with van der Waals surface area (Å²) in [6.07, 6.45) is 0.490. The Morgan fingerprint density at radius 1 is 1.17 bits per heavy atom. The summed E-state index contributed by atoms with van der Waals surface area (Å²) in [6, 6.07) is 10.9. The molecule has 0 bridgehead atoms. The molecule has 0 aliphatic rings. The van der Waals surface area contributed by atoms with Gasteiger partial charge in [0, 0.05) is 23.7 Å². The van der Waals surface area contributed by atoms with E-state index in [0.717, 1.165) is 11.6 Å². The Hall–Kier alpha value is -1.96. The minimum Gasteiger partial charge on any atom is -0.258 e. The van der Waals surface area contributed by atoms with Gasteiger partial charge in [-0.1, -0.05) is 29.8 Å². The van der Waals surface area contributed by atoms with Crippen LogP contribution in [-0.4, -0.2) is 19.9 Å². The largest absolute Gasteiger partial charge is 0.270 e. The van der Waals surface area contributed by atoms with Gasteiger partial charge >= 0.3 is 0 Å². The van der Waals surface area contributed by atoms with Crippen LogP contribution in [0.1, 0.15) is 11.1 Å². The third kappa shape index (κ3) is 4.51. The molecule has 0 aliphatic carbocycles. The average molecular weight is 355 g/mol. The van der Waals surface area contributed by atoms with Crippen LogP contribution in [0.4, 0.5) is 5.69 Å². The number of halogens is 1. The van der Waals surface area contributed by atoms with Crippen LogP contribution in [0.15, 0.2) is 47.4 Å². The molecule has 0 spiro atoms. The van der Waals surface area contributed by atoms with Crippen molar-refractivity contribution in [3.63, 3.8) is 0 Å². The van der Waals surface area contributed by atoms with E-state index in [-0.39, 0.29) is 17.1 Å². The molecule has 2 aromatic rings. The number of nitrogens with zero attached hydrogens (tertiary/aromatic N) is 1. The van der Waals surface area contributed by atoms with Crippen molar-refractivity contribution in [1.82, 2.24) is 4.72 Å². The van der Waals surface area contributed by atoms with Gasteiger partial charge in [-0.25, -0.2) is 13.1 Å². The maximum Gasteiger partial charge on any atom is 0.270 e. The van der Waals surface area contributed by atoms with Gasteiger partial charge in [-0.05, 0) is 36.6 Å². The summed E-state index contributed by atoms with van der Waals surface area (Å²) in [5.41, 5.74) is 1.14. The molecule has 0 radical (unpaired) electrons. The monoisotopic (exact) mass is 354 g/mol. The maximum atomic E-state index is 12.3. The van der Waals surface area contributed by atoms with Gasteiger partial charge < -0.3 is 0 Å². The highest BCUT2D eigenvalue weighted by molar-refractivity contribution is 7.89. The first-order valence-corrected chi connectivity index (χ1v) is 8.65. The Bertz CT molecular complexity index is 820. The van der Waals surface area contributed by atoms with Crippen molar-refractivity contribution in [2.45, 2.75) is 18.2 Å². The summed E-state index contributed by atoms with van der Waals surface area (Å²) in [6.45, 7) is 1.78. The molecule has 0 fully saturated rings. The molecule has 0 aromatic heterocycles. The summed E-state index contributed by atoms with van der Waals surface area (Å²) < 4.78 is 27.1. The fraction of sp³-hybridized carbons (Fsp3) is 0.200. The Labute approximate surface area is 139 Å². The molecule has 0 saturated carbocycles. The van der Waals surface area contributed by atoms with E-state index in [0.29, 0.717) is 17.0 Å². The van der Waals surface area contributed by atoms with E-state index < -0.39 is 14.9 Å². The molecule has 2 aromatic carbocycles. The van der Waals surface area contributed by atoms with Crippen LogP contribution in [0.5, 0.6) is 0 Å². The highest BCUT2D eigenvalue weighted by atomic mass is 35.5. The van der Waals surface area contributed by atoms with Crippen LogP contribution in [0.2, 0.25) is 5.02 Å². The van der Waals surface area contributed by atoms with Crippen LogP contribution < -0.4 is 4.72 Å². The van der Waals surface area contributed by atoms with E-state index >= 15 is 0 Å². The fourth-order valence-electron chi connectivity index (χ4n) is 2.05. The second kappa shape index (κ2) is 7.08. The minimum absolute atomic E-state index is 0.0807. The minimum atomic E-state index is -3.81. The topological polar surface area (TPSA) is 89.3 Å². The van der Waals surface area contributed by atoms with Gasteiger partial charge in [0.2, 0.25) is 10.0 Å². The van der Waals surface area contributed by atoms with Crippen LogP contribution in [0.25, 0.3) is 0 Å². The zero-order valence-corrected chi connectivity index (χ0v) is 13.9. The predicted molar refractivity (Wildman–Crippen MR) is 88.2 cm³/mol. The molecule has 0 atom stereocenters. The molecule has 0 amide bonds. The van der Waals surface area contributed by atoms with E-state index in [9.17, 15) is 18.5 Å². The number of aryl methyl sites for hydroxylation is 1. The van der Waals surface area contributed by atoms with Crippen molar-refractivity contribution in [1.29, 1.82) is 0 Å². The quantitative estimate of drug-likeness (QED) is 0.637. The first-order chi connectivity index (χ1) is 10.8. The van der Waals surface area contributed by atoms with E-state index in [1.165, 1.54) is 12.1 Å². The van der Waals surface area contributed by atoms with Crippen molar-refractivity contribution in [2.24, 2.45) is 0 Å². The van der Waals surface area contributed by atoms with Crippen LogP contribution >= 0.6 is 11.6 Å². The normalized spacial score (nSPS) is 11.4. The lowest BCUT2D eigenvalue weighted by Gasteiger charge is -2.09. The zero-order valence-electron chi connectivity index (χ0n) is 12.3. The van der Waals surface area contributed by atoms with Gasteiger partial charge in [0.05, 0.1) is 9.82 Å². The van der Waals surface area contributed by atoms with Crippen molar-refractivity contribution >= 4 is 27.3 Å². The Morgan fingerprint density at radius 2 is 1.83 bits per heavy atom. The third-order valence-corrected chi connectivity index (χ3v) is 5.15. The number of hydrogen-bond donors (Lipinski definition) is 1. The summed E-state index contributed by atoms with van der Waals surface area (Å²) in [7, 11) is -3.81. The molecule has 23 heavy (non-hydrogen) atoms. The van der Waals surface area contributed by atoms with Crippen molar-refractivity contribution in [2.75, 3.05) is 6.54 Å². The van der Waals surface area contributed by atoms with Gasteiger partial charge in [-0.2, -0.15) is 0 Å². The number of non-ortho nitro benzene ring substituents is 1. The molecular formula is C15H15ClN2O4S. The standard InChI is InChI=1S/C15H15ClN2O4S/c1-11-2-7-14(18(19)20)10-15(11)23(21,22)17-9-8-12-3-5-13(16)6-4-12/h2-7,10,17H,8-9H2,1H3. The van der Waals surface area contributed by atoms with Gasteiger partial charge in [0.1, 0.15) is 0 Å². The van der Waals surface area contributed by atoms with Crippen molar-refractivity contribution in [3.8, 4) is 0 Å². The lowest BCUT2D eigenvalue weighted by molar-refractivity contribution is -0.385. The van der Waals surface area contributed by atoms with Gasteiger partial charge in [-0.15, -0.1) is 0 Å². The number of hydrogen-bond acceptors (Lipinski definition) is 4.